The first-order chi connectivity index (χ1) is 14.6. The molecule has 30 heavy (non-hydrogen) atoms. The van der Waals surface area contributed by atoms with Gasteiger partial charge in [-0.05, 0) is 35.9 Å². The van der Waals surface area contributed by atoms with Crippen molar-refractivity contribution in [2.24, 2.45) is 16.5 Å². The number of nitriles is 1. The molecule has 3 aromatic heterocycles. The van der Waals surface area contributed by atoms with Gasteiger partial charge >= 0.3 is 0 Å². The van der Waals surface area contributed by atoms with Crippen molar-refractivity contribution in [3.63, 3.8) is 0 Å². The molecular weight excluding hydrogens is 378 g/mol. The number of aliphatic imine (C=N–C) groups is 1. The summed E-state index contributed by atoms with van der Waals surface area (Å²) in [4.78, 5) is 16.6. The molecule has 0 spiro atoms. The minimum Gasteiger partial charge on any atom is -0.404 e. The Morgan fingerprint density at radius 1 is 1.30 bits per heavy atom. The fraction of sp³-hybridized carbons (Fsp3) is 0.0909. The van der Waals surface area contributed by atoms with E-state index in [2.05, 4.69) is 21.3 Å². The lowest BCUT2D eigenvalue weighted by molar-refractivity contribution is 0.900. The van der Waals surface area contributed by atoms with Crippen LogP contribution in [0.5, 0.6) is 0 Å². The molecule has 148 valence electrons. The molecule has 0 unspecified atom stereocenters. The molecule has 0 bridgehead atoms. The second kappa shape index (κ2) is 7.66. The van der Waals surface area contributed by atoms with E-state index in [9.17, 15) is 10.1 Å². The minimum absolute atomic E-state index is 0.177. The van der Waals surface area contributed by atoms with Crippen molar-refractivity contribution in [3.05, 3.63) is 87.7 Å². The Balaban J connectivity index is 1.93. The van der Waals surface area contributed by atoms with Crippen molar-refractivity contribution in [2.45, 2.75) is 6.54 Å². The molecular formula is C22H19N7O. The highest BCUT2D eigenvalue weighted by atomic mass is 16.1. The highest BCUT2D eigenvalue weighted by Gasteiger charge is 2.20. The van der Waals surface area contributed by atoms with E-state index in [1.165, 1.54) is 6.20 Å². The lowest BCUT2D eigenvalue weighted by Gasteiger charge is -2.12. The van der Waals surface area contributed by atoms with E-state index in [0.29, 0.717) is 39.0 Å². The number of pyridine rings is 1. The van der Waals surface area contributed by atoms with Gasteiger partial charge in [0.25, 0.3) is 5.56 Å². The molecule has 4 rings (SSSR count). The Bertz CT molecular complexity index is 1430. The van der Waals surface area contributed by atoms with Crippen LogP contribution < -0.4 is 17.0 Å². The van der Waals surface area contributed by atoms with Gasteiger partial charge in [-0.3, -0.25) is 9.79 Å². The van der Waals surface area contributed by atoms with Crippen LogP contribution in [0.25, 0.3) is 21.9 Å². The summed E-state index contributed by atoms with van der Waals surface area (Å²) in [7, 11) is 1.65. The van der Waals surface area contributed by atoms with Crippen LogP contribution in [-0.2, 0) is 6.54 Å². The van der Waals surface area contributed by atoms with Crippen LogP contribution in [0.3, 0.4) is 0 Å². The number of fused-ring (bicyclic) bond motifs is 2. The van der Waals surface area contributed by atoms with Crippen molar-refractivity contribution in [1.29, 1.82) is 5.26 Å². The molecule has 0 saturated carbocycles. The summed E-state index contributed by atoms with van der Waals surface area (Å²) in [6.07, 6.45) is 3.29. The molecule has 0 aliphatic carbocycles. The Kier molecular flexibility index (Phi) is 4.88. The number of aromatic nitrogens is 3. The lowest BCUT2D eigenvalue weighted by atomic mass is 9.94. The van der Waals surface area contributed by atoms with Gasteiger partial charge in [0.15, 0.2) is 0 Å². The Hall–Kier alpha value is -4.22. The molecule has 8 heteroatoms. The van der Waals surface area contributed by atoms with Crippen LogP contribution in [0, 0.1) is 11.3 Å². The standard InChI is InChI=1S/C22H19N7O/c1-26-21(17-9-14-4-2-3-7-29(14)20(17)12-25)18(10-23)13-5-6-15-16(8-13)19(11-24)27-28-22(15)30/h2-10H,11,23-24H2,1H3,(H,28,30)/b18-10-,26-21?. The number of benzene rings is 1. The predicted octanol–water partition coefficient (Wildman–Crippen LogP) is 1.92. The van der Waals surface area contributed by atoms with Crippen molar-refractivity contribution in [3.8, 4) is 6.07 Å². The molecule has 0 saturated heterocycles. The zero-order valence-corrected chi connectivity index (χ0v) is 16.3. The fourth-order valence-electron chi connectivity index (χ4n) is 3.66. The van der Waals surface area contributed by atoms with Crippen LogP contribution >= 0.6 is 0 Å². The number of allylic oxidation sites excluding steroid dienone is 1. The maximum Gasteiger partial charge on any atom is 0.272 e. The number of nitrogens with zero attached hydrogens (tertiary/aromatic N) is 4. The number of aromatic amines is 1. The normalized spacial score (nSPS) is 12.4. The SMILES string of the molecule is CN=C(/C(=C\N)c1ccc2c(=O)[nH]nc(CN)c2c1)c1cc2ccccn2c1C#N. The van der Waals surface area contributed by atoms with Crippen molar-refractivity contribution >= 4 is 27.6 Å². The second-order valence-corrected chi connectivity index (χ2v) is 6.63. The van der Waals surface area contributed by atoms with Gasteiger partial charge in [-0.1, -0.05) is 12.1 Å². The van der Waals surface area contributed by atoms with Gasteiger partial charge in [0.1, 0.15) is 11.8 Å². The van der Waals surface area contributed by atoms with Gasteiger partial charge in [0.2, 0.25) is 0 Å². The van der Waals surface area contributed by atoms with E-state index in [4.69, 9.17) is 11.5 Å². The summed E-state index contributed by atoms with van der Waals surface area (Å²) < 4.78 is 1.81. The number of H-pyrrole nitrogens is 1. The molecule has 3 heterocycles. The minimum atomic E-state index is -0.290. The number of nitrogens with one attached hydrogen (secondary N) is 1. The van der Waals surface area contributed by atoms with E-state index in [1.54, 1.807) is 19.2 Å². The summed E-state index contributed by atoms with van der Waals surface area (Å²) in [5, 5.41) is 17.4. The largest absolute Gasteiger partial charge is 0.404 e. The number of nitrogens with two attached hydrogens (primary N) is 2. The quantitative estimate of drug-likeness (QED) is 0.452. The van der Waals surface area contributed by atoms with Crippen LogP contribution in [0.4, 0.5) is 0 Å². The summed E-state index contributed by atoms with van der Waals surface area (Å²) in [6.45, 7) is 0.177. The van der Waals surface area contributed by atoms with Gasteiger partial charge in [-0.15, -0.1) is 0 Å². The fourth-order valence-corrected chi connectivity index (χ4v) is 3.66. The Morgan fingerprint density at radius 2 is 2.13 bits per heavy atom. The van der Waals surface area contributed by atoms with Gasteiger partial charge in [0, 0.05) is 48.0 Å². The van der Waals surface area contributed by atoms with Crippen LogP contribution in [-0.4, -0.2) is 27.4 Å². The maximum absolute atomic E-state index is 12.1. The van der Waals surface area contributed by atoms with Gasteiger partial charge in [0.05, 0.1) is 16.8 Å². The maximum atomic E-state index is 12.1. The summed E-state index contributed by atoms with van der Waals surface area (Å²) in [5.74, 6) is 0. The zero-order valence-electron chi connectivity index (χ0n) is 16.3. The second-order valence-electron chi connectivity index (χ2n) is 6.63. The highest BCUT2D eigenvalue weighted by Crippen LogP contribution is 2.27. The first-order valence-electron chi connectivity index (χ1n) is 9.24. The molecule has 0 aliphatic heterocycles. The first kappa shape index (κ1) is 19.1. The molecule has 5 N–H and O–H groups in total. The summed E-state index contributed by atoms with van der Waals surface area (Å²) in [6, 6.07) is 15.2. The molecule has 0 atom stereocenters. The molecule has 1 aromatic carbocycles. The monoisotopic (exact) mass is 397 g/mol. The van der Waals surface area contributed by atoms with Crippen LogP contribution in [0.1, 0.15) is 22.5 Å². The molecule has 0 radical (unpaired) electrons. The van der Waals surface area contributed by atoms with Crippen molar-refractivity contribution in [1.82, 2.24) is 14.6 Å². The zero-order chi connectivity index (χ0) is 21.3. The van der Waals surface area contributed by atoms with Crippen LogP contribution in [0.15, 0.2) is 64.6 Å². The van der Waals surface area contributed by atoms with Gasteiger partial charge < -0.3 is 15.9 Å². The molecule has 0 amide bonds. The number of hydrogen-bond acceptors (Lipinski definition) is 6. The number of rotatable bonds is 4. The van der Waals surface area contributed by atoms with E-state index in [0.717, 1.165) is 11.1 Å². The van der Waals surface area contributed by atoms with E-state index >= 15 is 0 Å². The topological polar surface area (TPSA) is 138 Å². The van der Waals surface area contributed by atoms with E-state index < -0.39 is 0 Å². The van der Waals surface area contributed by atoms with Gasteiger partial charge in [-0.25, -0.2) is 5.10 Å². The molecule has 4 aromatic rings. The third-order valence-electron chi connectivity index (χ3n) is 5.06. The van der Waals surface area contributed by atoms with Crippen molar-refractivity contribution < 1.29 is 0 Å². The molecule has 0 fully saturated rings. The first-order valence-corrected chi connectivity index (χ1v) is 9.24. The Labute approximate surface area is 171 Å². The van der Waals surface area contributed by atoms with Gasteiger partial charge in [-0.2, -0.15) is 10.4 Å². The average Bonchev–Trinajstić information content (AvgIpc) is 3.15. The van der Waals surface area contributed by atoms with E-state index in [-0.39, 0.29) is 12.1 Å². The summed E-state index contributed by atoms with van der Waals surface area (Å²) in [5.41, 5.74) is 16.1. The summed E-state index contributed by atoms with van der Waals surface area (Å²) >= 11 is 0. The third kappa shape index (κ3) is 2.94. The lowest BCUT2D eigenvalue weighted by Crippen LogP contribution is -2.14. The predicted molar refractivity (Wildman–Crippen MR) is 117 cm³/mol. The average molecular weight is 397 g/mol. The van der Waals surface area contributed by atoms with E-state index in [1.807, 2.05) is 40.9 Å². The van der Waals surface area contributed by atoms with Crippen LogP contribution in [0.2, 0.25) is 0 Å². The third-order valence-corrected chi connectivity index (χ3v) is 5.06. The molecule has 8 nitrogen and oxygen atoms in total. The Morgan fingerprint density at radius 3 is 2.83 bits per heavy atom. The van der Waals surface area contributed by atoms with Crippen molar-refractivity contribution in [2.75, 3.05) is 7.05 Å². The molecule has 0 aliphatic rings. The number of hydrogen-bond donors (Lipinski definition) is 3. The highest BCUT2D eigenvalue weighted by molar-refractivity contribution is 6.33. The smallest absolute Gasteiger partial charge is 0.272 e.